The quantitative estimate of drug-likeness (QED) is 0.696. The molecule has 0 aliphatic heterocycles. The summed E-state index contributed by atoms with van der Waals surface area (Å²) in [6.45, 7) is 1.80. The zero-order valence-corrected chi connectivity index (χ0v) is 13.9. The van der Waals surface area contributed by atoms with Gasteiger partial charge in [0.2, 0.25) is 0 Å². The number of hydrogen-bond acceptors (Lipinski definition) is 3. The number of nitrogens with zero attached hydrogens (tertiary/aromatic N) is 3. The van der Waals surface area contributed by atoms with E-state index in [-0.39, 0.29) is 6.03 Å². The molecule has 0 spiro atoms. The molecule has 2 amide bonds. The van der Waals surface area contributed by atoms with E-state index >= 15 is 0 Å². The minimum absolute atomic E-state index is 0.182. The van der Waals surface area contributed by atoms with Crippen molar-refractivity contribution in [2.24, 2.45) is 0 Å². The molecule has 0 fully saturated rings. The first-order chi connectivity index (χ1) is 12.3. The number of pyridine rings is 1. The molecule has 6 nitrogen and oxygen atoms in total. The molecule has 3 rings (SSSR count). The number of rotatable bonds is 7. The predicted octanol–water partition coefficient (Wildman–Crippen LogP) is 2.37. The zero-order valence-electron chi connectivity index (χ0n) is 13.9. The Bertz CT molecular complexity index is 786. The van der Waals surface area contributed by atoms with E-state index in [1.165, 1.54) is 5.56 Å². The van der Waals surface area contributed by atoms with Crippen LogP contribution in [0.1, 0.15) is 17.0 Å². The van der Waals surface area contributed by atoms with E-state index in [0.29, 0.717) is 19.5 Å². The van der Waals surface area contributed by atoms with Gasteiger partial charge in [0.05, 0.1) is 0 Å². The van der Waals surface area contributed by atoms with Crippen LogP contribution in [0.4, 0.5) is 4.79 Å². The van der Waals surface area contributed by atoms with E-state index in [9.17, 15) is 4.79 Å². The van der Waals surface area contributed by atoms with Crippen molar-refractivity contribution in [1.29, 1.82) is 0 Å². The average molecular weight is 335 g/mol. The number of carbonyl (C=O) groups excluding carboxylic acids is 1. The van der Waals surface area contributed by atoms with Gasteiger partial charge in [0.15, 0.2) is 0 Å². The van der Waals surface area contributed by atoms with Gasteiger partial charge in [-0.05, 0) is 23.3 Å². The van der Waals surface area contributed by atoms with Crippen LogP contribution in [0.15, 0.2) is 67.3 Å². The minimum atomic E-state index is -0.182. The molecule has 128 valence electrons. The highest BCUT2D eigenvalue weighted by Crippen LogP contribution is 2.05. The first-order valence-corrected chi connectivity index (χ1v) is 8.26. The van der Waals surface area contributed by atoms with Gasteiger partial charge in [-0.15, -0.1) is 0 Å². The summed E-state index contributed by atoms with van der Waals surface area (Å²) in [5.41, 5.74) is 2.24. The van der Waals surface area contributed by atoms with Crippen LogP contribution in [0, 0.1) is 0 Å². The molecule has 0 aliphatic rings. The van der Waals surface area contributed by atoms with Crippen LogP contribution in [-0.2, 0) is 19.5 Å². The van der Waals surface area contributed by atoms with Crippen LogP contribution in [0.25, 0.3) is 0 Å². The van der Waals surface area contributed by atoms with Crippen molar-refractivity contribution in [3.8, 4) is 0 Å². The van der Waals surface area contributed by atoms with E-state index < -0.39 is 0 Å². The summed E-state index contributed by atoms with van der Waals surface area (Å²) in [6.07, 6.45) is 7.86. The number of nitrogens with one attached hydrogen (secondary N) is 2. The fourth-order valence-electron chi connectivity index (χ4n) is 2.53. The molecule has 2 aromatic heterocycles. The third kappa shape index (κ3) is 5.17. The fourth-order valence-corrected chi connectivity index (χ4v) is 2.53. The van der Waals surface area contributed by atoms with Crippen molar-refractivity contribution in [1.82, 2.24) is 25.2 Å². The maximum Gasteiger partial charge on any atom is 0.315 e. The minimum Gasteiger partial charge on any atom is -0.338 e. The lowest BCUT2D eigenvalue weighted by atomic mass is 10.2. The average Bonchev–Trinajstić information content (AvgIpc) is 3.09. The second-order valence-electron chi connectivity index (χ2n) is 5.67. The number of amides is 2. The summed E-state index contributed by atoms with van der Waals surface area (Å²) in [5, 5.41) is 5.69. The van der Waals surface area contributed by atoms with Crippen molar-refractivity contribution >= 4 is 6.03 Å². The largest absolute Gasteiger partial charge is 0.338 e. The first-order valence-electron chi connectivity index (χ1n) is 8.26. The van der Waals surface area contributed by atoms with Gasteiger partial charge >= 0.3 is 6.03 Å². The van der Waals surface area contributed by atoms with Crippen molar-refractivity contribution in [2.75, 3.05) is 6.54 Å². The molecule has 0 aliphatic carbocycles. The summed E-state index contributed by atoms with van der Waals surface area (Å²) in [6, 6.07) is 13.8. The molecular weight excluding hydrogens is 314 g/mol. The number of imidazole rings is 1. The molecule has 0 saturated heterocycles. The highest BCUT2D eigenvalue weighted by molar-refractivity contribution is 5.73. The van der Waals surface area contributed by atoms with Crippen LogP contribution >= 0.6 is 0 Å². The lowest BCUT2D eigenvalue weighted by Crippen LogP contribution is -2.36. The molecule has 0 bridgehead atoms. The van der Waals surface area contributed by atoms with Gasteiger partial charge in [0, 0.05) is 50.8 Å². The Morgan fingerprint density at radius 1 is 0.960 bits per heavy atom. The Morgan fingerprint density at radius 3 is 2.56 bits per heavy atom. The maximum absolute atomic E-state index is 11.9. The summed E-state index contributed by atoms with van der Waals surface area (Å²) in [7, 11) is 0. The van der Waals surface area contributed by atoms with E-state index in [4.69, 9.17) is 0 Å². The topological polar surface area (TPSA) is 71.8 Å². The molecule has 0 radical (unpaired) electrons. The van der Waals surface area contributed by atoms with Crippen LogP contribution in [0.3, 0.4) is 0 Å². The number of aromatic nitrogens is 3. The first kappa shape index (κ1) is 16.7. The lowest BCUT2D eigenvalue weighted by molar-refractivity contribution is 0.240. The summed E-state index contributed by atoms with van der Waals surface area (Å²) in [5.74, 6) is 0.957. The second kappa shape index (κ2) is 8.63. The highest BCUT2D eigenvalue weighted by Gasteiger charge is 2.05. The Labute approximate surface area is 146 Å². The molecule has 0 unspecified atom stereocenters. The molecular formula is C19H21N5O. The molecule has 2 heterocycles. The summed E-state index contributed by atoms with van der Waals surface area (Å²) >= 11 is 0. The second-order valence-corrected chi connectivity index (χ2v) is 5.67. The van der Waals surface area contributed by atoms with Gasteiger partial charge in [0.25, 0.3) is 0 Å². The van der Waals surface area contributed by atoms with Crippen LogP contribution < -0.4 is 10.6 Å². The molecule has 3 aromatic rings. The van der Waals surface area contributed by atoms with E-state index in [2.05, 4.69) is 37.3 Å². The van der Waals surface area contributed by atoms with Crippen LogP contribution in [0.2, 0.25) is 0 Å². The van der Waals surface area contributed by atoms with E-state index in [1.807, 2.05) is 36.5 Å². The Balaban J connectivity index is 1.43. The van der Waals surface area contributed by atoms with Crippen molar-refractivity contribution in [2.45, 2.75) is 19.5 Å². The monoisotopic (exact) mass is 335 g/mol. The maximum atomic E-state index is 11.9. The Morgan fingerprint density at radius 2 is 1.76 bits per heavy atom. The van der Waals surface area contributed by atoms with E-state index in [1.54, 1.807) is 18.6 Å². The van der Waals surface area contributed by atoms with Crippen molar-refractivity contribution < 1.29 is 4.79 Å². The lowest BCUT2D eigenvalue weighted by Gasteiger charge is -2.10. The van der Waals surface area contributed by atoms with Crippen LogP contribution in [-0.4, -0.2) is 27.1 Å². The van der Waals surface area contributed by atoms with Gasteiger partial charge in [0.1, 0.15) is 5.82 Å². The number of carbonyl (C=O) groups is 1. The normalized spacial score (nSPS) is 10.4. The van der Waals surface area contributed by atoms with Crippen molar-refractivity contribution in [3.63, 3.8) is 0 Å². The highest BCUT2D eigenvalue weighted by atomic mass is 16.2. The SMILES string of the molecule is O=C(NCCc1nccn1Cc1ccccc1)NCc1ccncc1. The third-order valence-corrected chi connectivity index (χ3v) is 3.83. The van der Waals surface area contributed by atoms with Gasteiger partial charge in [-0.3, -0.25) is 4.98 Å². The molecule has 2 N–H and O–H groups in total. The van der Waals surface area contributed by atoms with E-state index in [0.717, 1.165) is 17.9 Å². The molecule has 0 saturated carbocycles. The number of urea groups is 1. The molecule has 6 heteroatoms. The third-order valence-electron chi connectivity index (χ3n) is 3.83. The molecule has 1 aromatic carbocycles. The Kier molecular flexibility index (Phi) is 5.77. The van der Waals surface area contributed by atoms with Crippen molar-refractivity contribution in [3.05, 3.63) is 84.2 Å². The van der Waals surface area contributed by atoms with Gasteiger partial charge < -0.3 is 15.2 Å². The molecule has 0 atom stereocenters. The standard InChI is InChI=1S/C19H21N5O/c25-19(23-14-16-6-9-20-10-7-16)22-11-8-18-21-12-13-24(18)15-17-4-2-1-3-5-17/h1-7,9-10,12-13H,8,11,14-15H2,(H2,22,23,25). The zero-order chi connectivity index (χ0) is 17.3. The number of hydrogen-bond donors (Lipinski definition) is 2. The van der Waals surface area contributed by atoms with Gasteiger partial charge in [-0.1, -0.05) is 30.3 Å². The summed E-state index contributed by atoms with van der Waals surface area (Å²) in [4.78, 5) is 20.2. The summed E-state index contributed by atoms with van der Waals surface area (Å²) < 4.78 is 2.10. The van der Waals surface area contributed by atoms with Crippen LogP contribution in [0.5, 0.6) is 0 Å². The van der Waals surface area contributed by atoms with Gasteiger partial charge in [-0.2, -0.15) is 0 Å². The number of benzene rings is 1. The predicted molar refractivity (Wildman–Crippen MR) is 96.0 cm³/mol. The Hall–Kier alpha value is -3.15. The van der Waals surface area contributed by atoms with Gasteiger partial charge in [-0.25, -0.2) is 9.78 Å². The fraction of sp³-hybridized carbons (Fsp3) is 0.211. The smallest absolute Gasteiger partial charge is 0.315 e. The molecule has 25 heavy (non-hydrogen) atoms.